The maximum Gasteiger partial charge on any atom is -0.0134 e. The van der Waals surface area contributed by atoms with E-state index in [0.717, 1.165) is 27.5 Å². The zero-order valence-corrected chi connectivity index (χ0v) is 40.9. The minimum atomic E-state index is -10.7. The van der Waals surface area contributed by atoms with Gasteiger partial charge in [-0.05, 0) is 65.9 Å². The van der Waals surface area contributed by atoms with Crippen LogP contribution in [-0.4, -0.2) is 15.0 Å². The summed E-state index contributed by atoms with van der Waals surface area (Å²) in [4.78, 5) is 23.4. The molecule has 0 atom stereocenters. The molecule has 68 heavy (non-hydrogen) atoms. The van der Waals surface area contributed by atoms with E-state index in [4.69, 9.17) is 0 Å². The van der Waals surface area contributed by atoms with Crippen LogP contribution in [0.3, 0.4) is 0 Å². The minimum absolute atomic E-state index is 0.134. The minimum Gasteiger partial charge on any atom is -0.0622 e. The molecule has 0 amide bonds. The largest absolute Gasteiger partial charge is 0.0622 e. The van der Waals surface area contributed by atoms with E-state index < -0.39 is 23.7 Å². The van der Waals surface area contributed by atoms with Gasteiger partial charge in [-0.1, -0.05) is 212 Å². The predicted octanol–water partition coefficient (Wildman–Crippen LogP) is 14.1. The van der Waals surface area contributed by atoms with E-state index in [9.17, 15) is 30.0 Å². The third kappa shape index (κ3) is 16.4. The van der Waals surface area contributed by atoms with E-state index in [-0.39, 0.29) is 5.56 Å². The van der Waals surface area contributed by atoms with Crippen molar-refractivity contribution in [1.29, 1.82) is 0 Å². The molecule has 0 radical (unpaired) electrons. The van der Waals surface area contributed by atoms with E-state index in [1.807, 2.05) is 59.8 Å². The Morgan fingerprint density at radius 2 is 0.721 bits per heavy atom. The molecule has 3 heterocycles. The number of aromatic amines is 1. The molecule has 0 aliphatic rings. The number of hydrogen-bond donors (Lipinski definition) is 1. The van der Waals surface area contributed by atoms with E-state index in [1.54, 1.807) is 12.3 Å². The monoisotopic (exact) mass is 1080 g/mol. The summed E-state index contributed by atoms with van der Waals surface area (Å²) >= 11 is 1.82. The summed E-state index contributed by atoms with van der Waals surface area (Å²) in [5, 5.41) is 10.5. The van der Waals surface area contributed by atoms with E-state index >= 15 is 0 Å². The molecule has 10 aromatic rings. The molecule has 4 nitrogen and oxygen atoms in total. The predicted molar refractivity (Wildman–Crippen MR) is 273 cm³/mol. The Kier molecular flexibility index (Phi) is 17.7. The molecule has 346 valence electrons. The molecule has 0 aliphatic heterocycles. The fraction of sp³-hybridized carbons (Fsp3) is 0. The number of aromatic nitrogens is 3. The van der Waals surface area contributed by atoms with Gasteiger partial charge >= 0.3 is 60.0 Å². The molecule has 0 unspecified atom stereocenters. The van der Waals surface area contributed by atoms with Crippen molar-refractivity contribution in [1.82, 2.24) is 15.0 Å². The first kappa shape index (κ1) is 51.5. The number of rotatable bonds is 7. The molecule has 15 heteroatoms. The van der Waals surface area contributed by atoms with Crippen LogP contribution in [0.5, 0.6) is 0 Å². The molecule has 0 saturated heterocycles. The van der Waals surface area contributed by atoms with Crippen molar-refractivity contribution >= 4 is 87.0 Å². The Bertz CT molecular complexity index is 2860. The first-order valence-corrected chi connectivity index (χ1v) is 27.6. The third-order valence-electron chi connectivity index (χ3n) is 9.56. The van der Waals surface area contributed by atoms with Gasteiger partial charge in [-0.15, -0.1) is 0 Å². The van der Waals surface area contributed by atoms with Crippen molar-refractivity contribution < 1.29 is 42.5 Å². The molecule has 0 spiro atoms. The van der Waals surface area contributed by atoms with Gasteiger partial charge in [0, 0.05) is 23.0 Å². The van der Waals surface area contributed by atoms with E-state index in [1.165, 1.54) is 37.9 Å². The molecule has 0 fully saturated rings. The van der Waals surface area contributed by atoms with Crippen LogP contribution in [0.15, 0.2) is 248 Å². The van der Waals surface area contributed by atoms with Crippen molar-refractivity contribution in [2.45, 2.75) is 0 Å². The third-order valence-corrected chi connectivity index (χ3v) is 14.5. The van der Waals surface area contributed by atoms with Crippen molar-refractivity contribution in [3.63, 3.8) is 0 Å². The molecular formula is C53H41ClF6N3OP3Ru. The van der Waals surface area contributed by atoms with E-state index in [2.05, 4.69) is 207 Å². The van der Waals surface area contributed by atoms with Gasteiger partial charge in [-0.2, -0.15) is 0 Å². The molecule has 1 N–H and O–H groups in total. The Morgan fingerprint density at radius 1 is 0.397 bits per heavy atom. The number of benzene rings is 7. The van der Waals surface area contributed by atoms with Gasteiger partial charge in [0.05, 0.1) is 22.4 Å². The number of pyridine rings is 3. The number of nitrogens with zero attached hydrogens (tertiary/aromatic N) is 2. The van der Waals surface area contributed by atoms with Crippen molar-refractivity contribution in [3.8, 4) is 11.4 Å². The SMILES string of the molecule is F[P-](F)(F)(F)(F)F.O=c1cccc(-c2ccc3ccc4cccnc4c3n2)[nH]1.[Cl][Ru+].c1ccc(P(c2ccccc2)c2ccccc2)cc1.c1ccc(P(c2ccccc2)c2ccccc2)cc1. The smallest absolute Gasteiger partial charge is 0.0134 e. The van der Waals surface area contributed by atoms with Gasteiger partial charge < -0.3 is 4.98 Å². The van der Waals surface area contributed by atoms with Crippen molar-refractivity contribution in [2.24, 2.45) is 0 Å². The summed E-state index contributed by atoms with van der Waals surface area (Å²) in [5.41, 5.74) is 3.02. The van der Waals surface area contributed by atoms with Crippen LogP contribution in [0.25, 0.3) is 33.2 Å². The van der Waals surface area contributed by atoms with Crippen molar-refractivity contribution in [2.75, 3.05) is 0 Å². The summed E-state index contributed by atoms with van der Waals surface area (Å²) in [5.74, 6) is 0. The van der Waals surface area contributed by atoms with Crippen LogP contribution in [0.2, 0.25) is 0 Å². The summed E-state index contributed by atoms with van der Waals surface area (Å²) in [6, 6.07) is 81.6. The normalized spacial score (nSPS) is 11.8. The van der Waals surface area contributed by atoms with Crippen LogP contribution in [0.4, 0.5) is 25.2 Å². The van der Waals surface area contributed by atoms with Gasteiger partial charge in [-0.3, -0.25) is 9.78 Å². The standard InChI is InChI=1S/2C18H15P.C17H11N3O.ClH.F6P.Ru/c2*1-4-10-16(11-5-1)19(17-12-6-2-7-13-17)18-14-8-3-9-15-18;21-15-5-1-4-13(19-15)14-9-8-12-7-6-11-3-2-10-18-16(11)17(12)20-14;;1-7(2,3,4,5)6;/h2*1-15H;1-10H,(H,19,21);1H;;/q;;;;-1;+2/p-1. The summed E-state index contributed by atoms with van der Waals surface area (Å²) in [7, 11) is -6.98. The van der Waals surface area contributed by atoms with Crippen LogP contribution in [-0.2, 0) is 17.3 Å². The summed E-state index contributed by atoms with van der Waals surface area (Å²) in [6.45, 7) is 0. The zero-order chi connectivity index (χ0) is 48.5. The number of nitrogens with one attached hydrogen (secondary N) is 1. The fourth-order valence-corrected chi connectivity index (χ4v) is 11.4. The summed E-state index contributed by atoms with van der Waals surface area (Å²) < 4.78 is 59.2. The van der Waals surface area contributed by atoms with Crippen molar-refractivity contribution in [3.05, 3.63) is 253 Å². The topological polar surface area (TPSA) is 58.6 Å². The van der Waals surface area contributed by atoms with Crippen LogP contribution < -0.4 is 37.4 Å². The van der Waals surface area contributed by atoms with Gasteiger partial charge in [0.2, 0.25) is 5.56 Å². The Balaban J connectivity index is 0.000000154. The second kappa shape index (κ2) is 23.4. The average molecular weight is 1080 g/mol. The maximum absolute atomic E-state index is 11.4. The zero-order valence-electron chi connectivity index (χ0n) is 35.7. The number of H-pyrrole nitrogens is 1. The summed E-state index contributed by atoms with van der Waals surface area (Å²) in [6.07, 6.45) is 1.76. The first-order valence-electron chi connectivity index (χ1n) is 20.6. The Hall–Kier alpha value is -5.91. The molecule has 0 bridgehead atoms. The number of halogens is 7. The van der Waals surface area contributed by atoms with Gasteiger partial charge in [0.25, 0.3) is 0 Å². The van der Waals surface area contributed by atoms with Crippen LogP contribution >= 0.6 is 33.3 Å². The van der Waals surface area contributed by atoms with Gasteiger partial charge in [0.1, 0.15) is 0 Å². The maximum atomic E-state index is 11.4. The molecule has 0 saturated carbocycles. The molecule has 3 aromatic heterocycles. The average Bonchev–Trinajstić information content (AvgIpc) is 3.36. The molecule has 0 aliphatic carbocycles. The fourth-order valence-electron chi connectivity index (χ4n) is 6.83. The number of hydrogen-bond acceptors (Lipinski definition) is 3. The molecule has 10 rings (SSSR count). The second-order valence-electron chi connectivity index (χ2n) is 14.5. The molecular weight excluding hydrogens is 1040 g/mol. The first-order chi connectivity index (χ1) is 32.7. The van der Waals surface area contributed by atoms with E-state index in [0.29, 0.717) is 5.69 Å². The number of fused-ring (bicyclic) bond motifs is 3. The Labute approximate surface area is 406 Å². The van der Waals surface area contributed by atoms with Gasteiger partial charge in [0.15, 0.2) is 0 Å². The quantitative estimate of drug-likeness (QED) is 0.0749. The van der Waals surface area contributed by atoms with Crippen LogP contribution in [0.1, 0.15) is 0 Å². The Morgan fingerprint density at radius 3 is 1.06 bits per heavy atom. The van der Waals surface area contributed by atoms with Crippen LogP contribution in [0, 0.1) is 0 Å². The second-order valence-corrected chi connectivity index (χ2v) is 20.8. The van der Waals surface area contributed by atoms with Gasteiger partial charge in [-0.25, -0.2) is 4.98 Å². The molecule has 7 aromatic carbocycles.